The SMILES string of the molecule is CCN1CCCCN(C2=Nc3ccccc3S2(=O)=O)CC1. The smallest absolute Gasteiger partial charge is 0.241 e. The topological polar surface area (TPSA) is 53.0 Å². The Morgan fingerprint density at radius 3 is 2.62 bits per heavy atom. The monoisotopic (exact) mass is 307 g/mol. The molecular weight excluding hydrogens is 286 g/mol. The molecule has 114 valence electrons. The number of nitrogens with zero attached hydrogens (tertiary/aromatic N) is 3. The largest absolute Gasteiger partial charge is 0.345 e. The van der Waals surface area contributed by atoms with Gasteiger partial charge in [-0.05, 0) is 38.1 Å². The van der Waals surface area contributed by atoms with E-state index in [0.29, 0.717) is 10.6 Å². The number of para-hydroxylation sites is 1. The lowest BCUT2D eigenvalue weighted by atomic mass is 10.2. The van der Waals surface area contributed by atoms with Gasteiger partial charge in [0.15, 0.2) is 0 Å². The Kier molecular flexibility index (Phi) is 3.99. The van der Waals surface area contributed by atoms with Crippen molar-refractivity contribution in [2.24, 2.45) is 4.99 Å². The third-order valence-electron chi connectivity index (χ3n) is 4.17. The van der Waals surface area contributed by atoms with Crippen molar-refractivity contribution in [2.75, 3.05) is 32.7 Å². The highest BCUT2D eigenvalue weighted by atomic mass is 32.2. The van der Waals surface area contributed by atoms with Crippen LogP contribution in [0.3, 0.4) is 0 Å². The second-order valence-corrected chi connectivity index (χ2v) is 7.31. The van der Waals surface area contributed by atoms with E-state index in [4.69, 9.17) is 0 Å². The summed E-state index contributed by atoms with van der Waals surface area (Å²) in [5, 5.41) is 0.238. The molecule has 0 saturated carbocycles. The van der Waals surface area contributed by atoms with Gasteiger partial charge in [0.05, 0.1) is 5.69 Å². The molecule has 0 radical (unpaired) electrons. The average Bonchev–Trinajstić information content (AvgIpc) is 2.72. The first-order chi connectivity index (χ1) is 10.1. The summed E-state index contributed by atoms with van der Waals surface area (Å²) in [5.74, 6) is 0. The molecule has 1 saturated heterocycles. The van der Waals surface area contributed by atoms with Gasteiger partial charge in [0.1, 0.15) is 4.90 Å². The number of sulfone groups is 1. The number of amidine groups is 1. The highest BCUT2D eigenvalue weighted by Crippen LogP contribution is 2.33. The van der Waals surface area contributed by atoms with Gasteiger partial charge in [-0.2, -0.15) is 0 Å². The Labute approximate surface area is 126 Å². The van der Waals surface area contributed by atoms with E-state index in [1.165, 1.54) is 0 Å². The predicted molar refractivity (Wildman–Crippen MR) is 83.6 cm³/mol. The van der Waals surface area contributed by atoms with Gasteiger partial charge in [-0.3, -0.25) is 0 Å². The van der Waals surface area contributed by atoms with Crippen LogP contribution in [0.5, 0.6) is 0 Å². The summed E-state index contributed by atoms with van der Waals surface area (Å²) < 4.78 is 25.3. The highest BCUT2D eigenvalue weighted by Gasteiger charge is 2.35. The van der Waals surface area contributed by atoms with E-state index in [1.54, 1.807) is 18.2 Å². The van der Waals surface area contributed by atoms with Gasteiger partial charge in [0, 0.05) is 19.6 Å². The van der Waals surface area contributed by atoms with Gasteiger partial charge in [-0.15, -0.1) is 0 Å². The summed E-state index contributed by atoms with van der Waals surface area (Å²) in [6.07, 6.45) is 2.10. The van der Waals surface area contributed by atoms with Crippen LogP contribution in [-0.2, 0) is 9.84 Å². The van der Waals surface area contributed by atoms with E-state index in [-0.39, 0.29) is 5.17 Å². The van der Waals surface area contributed by atoms with Crippen LogP contribution in [0.4, 0.5) is 5.69 Å². The van der Waals surface area contributed by atoms with Crippen LogP contribution < -0.4 is 0 Å². The molecule has 1 aromatic carbocycles. The standard InChI is InChI=1S/C15H21N3O2S/c1-2-17-9-5-6-10-18(12-11-17)15-16-13-7-3-4-8-14(13)21(15,19)20/h3-4,7-8H,2,5-6,9-12H2,1H3. The van der Waals surface area contributed by atoms with Crippen LogP contribution in [0.25, 0.3) is 0 Å². The van der Waals surface area contributed by atoms with Gasteiger partial charge in [-0.1, -0.05) is 19.1 Å². The minimum absolute atomic E-state index is 0.238. The summed E-state index contributed by atoms with van der Waals surface area (Å²) in [7, 11) is -3.44. The van der Waals surface area contributed by atoms with Gasteiger partial charge in [0.2, 0.25) is 15.0 Å². The van der Waals surface area contributed by atoms with E-state index in [1.807, 2.05) is 11.0 Å². The fourth-order valence-corrected chi connectivity index (χ4v) is 4.49. The summed E-state index contributed by atoms with van der Waals surface area (Å²) >= 11 is 0. The van der Waals surface area contributed by atoms with E-state index in [9.17, 15) is 8.42 Å². The summed E-state index contributed by atoms with van der Waals surface area (Å²) in [6.45, 7) is 6.63. The van der Waals surface area contributed by atoms with Gasteiger partial charge in [-0.25, -0.2) is 13.4 Å². The number of aliphatic imine (C=N–C) groups is 1. The maximum Gasteiger partial charge on any atom is 0.241 e. The molecule has 0 aromatic heterocycles. The van der Waals surface area contributed by atoms with Crippen molar-refractivity contribution in [2.45, 2.75) is 24.7 Å². The molecule has 3 rings (SSSR count). The number of rotatable bonds is 1. The Bertz CT molecular complexity index is 655. The fourth-order valence-electron chi connectivity index (χ4n) is 2.91. The Morgan fingerprint density at radius 2 is 1.86 bits per heavy atom. The summed E-state index contributed by atoms with van der Waals surface area (Å²) in [6, 6.07) is 6.99. The molecule has 5 nitrogen and oxygen atoms in total. The van der Waals surface area contributed by atoms with Crippen molar-refractivity contribution in [1.82, 2.24) is 9.80 Å². The lowest BCUT2D eigenvalue weighted by molar-refractivity contribution is 0.227. The zero-order valence-electron chi connectivity index (χ0n) is 12.3. The number of benzene rings is 1. The number of likely N-dealkylation sites (N-methyl/N-ethyl adjacent to an activating group) is 1. The lowest BCUT2D eigenvalue weighted by Gasteiger charge is -2.30. The zero-order valence-corrected chi connectivity index (χ0v) is 13.1. The molecule has 0 spiro atoms. The maximum atomic E-state index is 12.6. The molecule has 0 atom stereocenters. The molecular formula is C15H21N3O2S. The van der Waals surface area contributed by atoms with Gasteiger partial charge >= 0.3 is 0 Å². The molecule has 0 aliphatic carbocycles. The van der Waals surface area contributed by atoms with Crippen molar-refractivity contribution < 1.29 is 8.42 Å². The molecule has 1 aromatic rings. The van der Waals surface area contributed by atoms with Crippen LogP contribution >= 0.6 is 0 Å². The normalized spacial score (nSPS) is 22.3. The van der Waals surface area contributed by atoms with Crippen molar-refractivity contribution in [3.05, 3.63) is 24.3 Å². The molecule has 6 heteroatoms. The van der Waals surface area contributed by atoms with E-state index in [2.05, 4.69) is 16.8 Å². The molecule has 0 unspecified atom stereocenters. The van der Waals surface area contributed by atoms with Gasteiger partial charge < -0.3 is 9.80 Å². The molecule has 0 N–H and O–H groups in total. The summed E-state index contributed by atoms with van der Waals surface area (Å²) in [5.41, 5.74) is 0.571. The summed E-state index contributed by atoms with van der Waals surface area (Å²) in [4.78, 5) is 9.03. The molecule has 0 amide bonds. The Hall–Kier alpha value is -1.40. The first-order valence-corrected chi connectivity index (χ1v) is 9.01. The number of hydrogen-bond acceptors (Lipinski definition) is 5. The average molecular weight is 307 g/mol. The van der Waals surface area contributed by atoms with E-state index in [0.717, 1.165) is 45.6 Å². The predicted octanol–water partition coefficient (Wildman–Crippen LogP) is 1.88. The molecule has 1 fully saturated rings. The third kappa shape index (κ3) is 2.70. The first kappa shape index (κ1) is 14.5. The quantitative estimate of drug-likeness (QED) is 0.795. The van der Waals surface area contributed by atoms with E-state index < -0.39 is 9.84 Å². The fraction of sp³-hybridized carbons (Fsp3) is 0.533. The van der Waals surface area contributed by atoms with Crippen molar-refractivity contribution in [3.63, 3.8) is 0 Å². The van der Waals surface area contributed by atoms with Crippen LogP contribution in [0.1, 0.15) is 19.8 Å². The molecule has 2 heterocycles. The highest BCUT2D eigenvalue weighted by molar-refractivity contribution is 8.06. The van der Waals surface area contributed by atoms with Gasteiger partial charge in [0.25, 0.3) is 0 Å². The Balaban J connectivity index is 1.87. The minimum Gasteiger partial charge on any atom is -0.345 e. The van der Waals surface area contributed by atoms with Crippen molar-refractivity contribution >= 4 is 20.7 Å². The van der Waals surface area contributed by atoms with Crippen LogP contribution in [0.2, 0.25) is 0 Å². The maximum absolute atomic E-state index is 12.6. The first-order valence-electron chi connectivity index (χ1n) is 7.53. The number of hydrogen-bond donors (Lipinski definition) is 0. The zero-order chi connectivity index (χ0) is 14.9. The molecule has 21 heavy (non-hydrogen) atoms. The van der Waals surface area contributed by atoms with Crippen LogP contribution in [-0.4, -0.2) is 56.1 Å². The molecule has 0 bridgehead atoms. The second-order valence-electron chi connectivity index (χ2n) is 5.49. The van der Waals surface area contributed by atoms with Crippen molar-refractivity contribution in [3.8, 4) is 0 Å². The Morgan fingerprint density at radius 1 is 1.10 bits per heavy atom. The van der Waals surface area contributed by atoms with Crippen LogP contribution in [0.15, 0.2) is 34.2 Å². The minimum atomic E-state index is -3.44. The third-order valence-corrected chi connectivity index (χ3v) is 5.92. The molecule has 2 aliphatic heterocycles. The van der Waals surface area contributed by atoms with Crippen molar-refractivity contribution in [1.29, 1.82) is 0 Å². The molecule has 2 aliphatic rings. The second kappa shape index (κ2) is 5.77. The van der Waals surface area contributed by atoms with E-state index >= 15 is 0 Å². The number of fused-ring (bicyclic) bond motifs is 1. The lowest BCUT2D eigenvalue weighted by Crippen LogP contribution is -2.43. The van der Waals surface area contributed by atoms with Crippen LogP contribution in [0, 0.1) is 0 Å².